The molecule has 2 N–H and O–H groups in total. The predicted molar refractivity (Wildman–Crippen MR) is 88.2 cm³/mol. The number of rotatable bonds is 6. The van der Waals surface area contributed by atoms with Crippen molar-refractivity contribution in [3.05, 3.63) is 29.8 Å². The molecular weight excluding hydrogens is 294 g/mol. The highest BCUT2D eigenvalue weighted by Gasteiger charge is 2.38. The van der Waals surface area contributed by atoms with Gasteiger partial charge in [-0.05, 0) is 37.5 Å². The van der Waals surface area contributed by atoms with Crippen molar-refractivity contribution in [2.75, 3.05) is 27.2 Å². The Balaban J connectivity index is 2.29. The largest absolute Gasteiger partial charge is 0.497 e. The minimum Gasteiger partial charge on any atom is -0.497 e. The van der Waals surface area contributed by atoms with Crippen LogP contribution in [0.3, 0.4) is 0 Å². The van der Waals surface area contributed by atoms with E-state index in [0.29, 0.717) is 6.54 Å². The quantitative estimate of drug-likeness (QED) is 0.823. The van der Waals surface area contributed by atoms with Crippen molar-refractivity contribution < 1.29 is 14.3 Å². The third-order valence-electron chi connectivity index (χ3n) is 4.21. The topological polar surface area (TPSA) is 70.7 Å². The Bertz CT molecular complexity index is 545. The summed E-state index contributed by atoms with van der Waals surface area (Å²) in [4.78, 5) is 26.8. The van der Waals surface area contributed by atoms with Gasteiger partial charge in [-0.1, -0.05) is 12.1 Å². The molecule has 6 nitrogen and oxygen atoms in total. The van der Waals surface area contributed by atoms with Gasteiger partial charge in [-0.3, -0.25) is 14.5 Å². The summed E-state index contributed by atoms with van der Waals surface area (Å²) < 4.78 is 5.17. The highest BCUT2D eigenvalue weighted by molar-refractivity contribution is 5.86. The number of hydrogen-bond donors (Lipinski definition) is 2. The van der Waals surface area contributed by atoms with Crippen molar-refractivity contribution in [1.82, 2.24) is 15.5 Å². The molecule has 1 heterocycles. The molecule has 126 valence electrons. The molecular formula is C17H25N3O3. The average molecular weight is 319 g/mol. The van der Waals surface area contributed by atoms with Crippen LogP contribution in [0.1, 0.15) is 31.4 Å². The number of ether oxygens (including phenoxy) is 1. The van der Waals surface area contributed by atoms with E-state index in [0.717, 1.165) is 30.7 Å². The van der Waals surface area contributed by atoms with Gasteiger partial charge >= 0.3 is 0 Å². The lowest BCUT2D eigenvalue weighted by Crippen LogP contribution is -2.48. The molecule has 2 rings (SSSR count). The second kappa shape index (κ2) is 7.97. The summed E-state index contributed by atoms with van der Waals surface area (Å²) in [7, 11) is 3.23. The Kier molecular flexibility index (Phi) is 5.98. The Labute approximate surface area is 137 Å². The molecule has 2 amide bonds. The fraction of sp³-hybridized carbons (Fsp3) is 0.529. The standard InChI is InChI=1S/C17H25N3O3/c1-4-19-16(21)14-6-5-11-20(14)15(17(22)18-2)12-7-9-13(23-3)10-8-12/h7-10,14-15H,4-6,11H2,1-3H3,(H,18,22)(H,19,21)/t14-,15+/m0/s1. The number of nitrogens with zero attached hydrogens (tertiary/aromatic N) is 1. The van der Waals surface area contributed by atoms with Crippen LogP contribution in [0, 0.1) is 0 Å². The lowest BCUT2D eigenvalue weighted by Gasteiger charge is -2.31. The van der Waals surface area contributed by atoms with Crippen LogP contribution in [0.5, 0.6) is 5.75 Å². The fourth-order valence-electron chi connectivity index (χ4n) is 3.09. The molecule has 0 unspecified atom stereocenters. The van der Waals surface area contributed by atoms with Crippen LogP contribution < -0.4 is 15.4 Å². The van der Waals surface area contributed by atoms with Gasteiger partial charge in [0.2, 0.25) is 11.8 Å². The molecule has 1 aromatic rings. The minimum absolute atomic E-state index is 0.00702. The maximum absolute atomic E-state index is 12.5. The van der Waals surface area contributed by atoms with E-state index < -0.39 is 6.04 Å². The van der Waals surface area contributed by atoms with Crippen molar-refractivity contribution in [3.63, 3.8) is 0 Å². The van der Waals surface area contributed by atoms with E-state index in [1.807, 2.05) is 36.1 Å². The second-order valence-corrected chi connectivity index (χ2v) is 5.58. The molecule has 0 spiro atoms. The summed E-state index contributed by atoms with van der Waals surface area (Å²) in [6.07, 6.45) is 1.68. The third kappa shape index (κ3) is 3.82. The van der Waals surface area contributed by atoms with E-state index in [1.165, 1.54) is 0 Å². The highest BCUT2D eigenvalue weighted by atomic mass is 16.5. The fourth-order valence-corrected chi connectivity index (χ4v) is 3.09. The first-order chi connectivity index (χ1) is 11.1. The molecule has 0 aromatic heterocycles. The van der Waals surface area contributed by atoms with Crippen LogP contribution >= 0.6 is 0 Å². The molecule has 0 bridgehead atoms. The van der Waals surface area contributed by atoms with E-state index in [9.17, 15) is 9.59 Å². The molecule has 1 aliphatic rings. The minimum atomic E-state index is -0.471. The molecule has 1 aromatic carbocycles. The Morgan fingerprint density at radius 3 is 2.61 bits per heavy atom. The van der Waals surface area contributed by atoms with Crippen LogP contribution in [0.15, 0.2) is 24.3 Å². The summed E-state index contributed by atoms with van der Waals surface area (Å²) in [6, 6.07) is 6.70. The Hall–Kier alpha value is -2.08. The summed E-state index contributed by atoms with van der Waals surface area (Å²) in [5.74, 6) is 0.630. The van der Waals surface area contributed by atoms with Gasteiger partial charge in [-0.15, -0.1) is 0 Å². The molecule has 0 saturated carbocycles. The maximum atomic E-state index is 12.5. The first kappa shape index (κ1) is 17.3. The van der Waals surface area contributed by atoms with E-state index >= 15 is 0 Å². The zero-order valence-corrected chi connectivity index (χ0v) is 14.0. The van der Waals surface area contributed by atoms with Gasteiger partial charge in [0.05, 0.1) is 13.2 Å². The molecule has 6 heteroatoms. The van der Waals surface area contributed by atoms with Gasteiger partial charge < -0.3 is 15.4 Å². The summed E-state index contributed by atoms with van der Waals surface area (Å²) in [5.41, 5.74) is 0.862. The van der Waals surface area contributed by atoms with Gasteiger partial charge in [0.1, 0.15) is 11.8 Å². The number of carbonyl (C=O) groups excluding carboxylic acids is 2. The van der Waals surface area contributed by atoms with Gasteiger partial charge in [-0.2, -0.15) is 0 Å². The van der Waals surface area contributed by atoms with Gasteiger partial charge in [-0.25, -0.2) is 0 Å². The number of carbonyl (C=O) groups is 2. The molecule has 0 radical (unpaired) electrons. The summed E-state index contributed by atoms with van der Waals surface area (Å²) >= 11 is 0. The van der Waals surface area contributed by atoms with Crippen molar-refractivity contribution in [3.8, 4) is 5.75 Å². The van der Waals surface area contributed by atoms with Crippen molar-refractivity contribution in [2.45, 2.75) is 31.8 Å². The van der Waals surface area contributed by atoms with Gasteiger partial charge in [0, 0.05) is 20.1 Å². The van der Waals surface area contributed by atoms with Crippen LogP contribution in [-0.2, 0) is 9.59 Å². The van der Waals surface area contributed by atoms with Crippen LogP contribution in [-0.4, -0.2) is 50.0 Å². The number of amides is 2. The predicted octanol–water partition coefficient (Wildman–Crippen LogP) is 1.08. The van der Waals surface area contributed by atoms with E-state index in [1.54, 1.807) is 14.2 Å². The van der Waals surface area contributed by atoms with Crippen LogP contribution in [0.25, 0.3) is 0 Å². The lowest BCUT2D eigenvalue weighted by atomic mass is 10.0. The second-order valence-electron chi connectivity index (χ2n) is 5.58. The first-order valence-electron chi connectivity index (χ1n) is 8.01. The third-order valence-corrected chi connectivity index (χ3v) is 4.21. The van der Waals surface area contributed by atoms with E-state index in [-0.39, 0.29) is 17.9 Å². The first-order valence-corrected chi connectivity index (χ1v) is 8.01. The van der Waals surface area contributed by atoms with E-state index in [4.69, 9.17) is 4.74 Å². The van der Waals surface area contributed by atoms with Crippen LogP contribution in [0.4, 0.5) is 0 Å². The number of benzene rings is 1. The van der Waals surface area contributed by atoms with Gasteiger partial charge in [0.15, 0.2) is 0 Å². The van der Waals surface area contributed by atoms with Crippen molar-refractivity contribution in [1.29, 1.82) is 0 Å². The van der Waals surface area contributed by atoms with Crippen molar-refractivity contribution in [2.24, 2.45) is 0 Å². The SMILES string of the molecule is CCNC(=O)[C@@H]1CCCN1[C@@H](C(=O)NC)c1ccc(OC)cc1. The molecule has 0 aliphatic carbocycles. The summed E-state index contributed by atoms with van der Waals surface area (Å²) in [6.45, 7) is 3.22. The maximum Gasteiger partial charge on any atom is 0.241 e. The lowest BCUT2D eigenvalue weighted by molar-refractivity contribution is -0.131. The zero-order chi connectivity index (χ0) is 16.8. The monoisotopic (exact) mass is 319 g/mol. The highest BCUT2D eigenvalue weighted by Crippen LogP contribution is 2.30. The number of likely N-dealkylation sites (tertiary alicyclic amines) is 1. The van der Waals surface area contributed by atoms with E-state index in [2.05, 4.69) is 10.6 Å². The Morgan fingerprint density at radius 1 is 1.35 bits per heavy atom. The van der Waals surface area contributed by atoms with Gasteiger partial charge in [0.25, 0.3) is 0 Å². The number of likely N-dealkylation sites (N-methyl/N-ethyl adjacent to an activating group) is 2. The molecule has 1 aliphatic heterocycles. The number of methoxy groups -OCH3 is 1. The molecule has 1 fully saturated rings. The van der Waals surface area contributed by atoms with Crippen LogP contribution in [0.2, 0.25) is 0 Å². The van der Waals surface area contributed by atoms with Crippen molar-refractivity contribution >= 4 is 11.8 Å². The molecule has 1 saturated heterocycles. The molecule has 23 heavy (non-hydrogen) atoms. The number of hydrogen-bond acceptors (Lipinski definition) is 4. The average Bonchev–Trinajstić information content (AvgIpc) is 3.05. The number of nitrogens with one attached hydrogen (secondary N) is 2. The zero-order valence-electron chi connectivity index (χ0n) is 14.0. The smallest absolute Gasteiger partial charge is 0.241 e. The Morgan fingerprint density at radius 2 is 2.04 bits per heavy atom. The normalized spacial score (nSPS) is 19.2. The summed E-state index contributed by atoms with van der Waals surface area (Å²) in [5, 5.41) is 5.58. The molecule has 2 atom stereocenters.